The number of hydrogen-bond donors (Lipinski definition) is 8. The van der Waals surface area contributed by atoms with E-state index >= 15 is 0 Å². The van der Waals surface area contributed by atoms with Gasteiger partial charge in [0.15, 0.2) is 12.6 Å². The van der Waals surface area contributed by atoms with Crippen LogP contribution in [0.2, 0.25) is 0 Å². The summed E-state index contributed by atoms with van der Waals surface area (Å²) in [7, 11) is 0. The molecule has 3 heterocycles. The van der Waals surface area contributed by atoms with Crippen molar-refractivity contribution in [3.8, 4) is 0 Å². The maximum Gasteiger partial charge on any atom is 0.335 e. The van der Waals surface area contributed by atoms with Crippen molar-refractivity contribution < 1.29 is 69.0 Å². The van der Waals surface area contributed by atoms with Crippen molar-refractivity contribution in [3.05, 3.63) is 34.4 Å². The van der Waals surface area contributed by atoms with Crippen LogP contribution in [0, 0.1) is 22.7 Å². The maximum absolute atomic E-state index is 13.2. The second kappa shape index (κ2) is 13.5. The fourth-order valence-corrected chi connectivity index (χ4v) is 11.2. The van der Waals surface area contributed by atoms with Crippen molar-refractivity contribution in [2.24, 2.45) is 22.7 Å². The van der Waals surface area contributed by atoms with Crippen LogP contribution < -0.4 is 5.63 Å². The molecule has 2 unspecified atom stereocenters. The summed E-state index contributed by atoms with van der Waals surface area (Å²) in [4.78, 5) is 24.8. The number of aldehydes is 1. The fraction of sp³-hybridized carbons (Fsp3) is 0.833. The largest absolute Gasteiger partial charge is 0.431 e. The first-order valence-electron chi connectivity index (χ1n) is 18.3. The normalized spacial score (nSPS) is 52.7. The third-order valence-electron chi connectivity index (χ3n) is 14.1. The zero-order valence-corrected chi connectivity index (χ0v) is 28.9. The molecule has 286 valence electrons. The van der Waals surface area contributed by atoms with E-state index in [4.69, 9.17) is 23.4 Å². The van der Waals surface area contributed by atoms with Gasteiger partial charge in [0, 0.05) is 17.9 Å². The third-order valence-corrected chi connectivity index (χ3v) is 14.1. The highest BCUT2D eigenvalue weighted by Gasteiger charge is 2.71. The summed E-state index contributed by atoms with van der Waals surface area (Å²) in [6.07, 6.45) is -8.77. The molecule has 51 heavy (non-hydrogen) atoms. The molecule has 18 atom stereocenters. The Kier molecular flexibility index (Phi) is 9.89. The highest BCUT2D eigenvalue weighted by Crippen LogP contribution is 2.71. The summed E-state index contributed by atoms with van der Waals surface area (Å²) in [6.45, 7) is 2.98. The number of aliphatic hydroxyl groups excluding tert-OH is 6. The molecule has 6 aliphatic rings. The minimum absolute atomic E-state index is 0.0215. The number of carbonyl (C=O) groups excluding carboxylic acids is 1. The molecule has 15 heteroatoms. The van der Waals surface area contributed by atoms with Gasteiger partial charge in [0.25, 0.3) is 0 Å². The van der Waals surface area contributed by atoms with Crippen LogP contribution in [0.3, 0.4) is 0 Å². The van der Waals surface area contributed by atoms with Crippen molar-refractivity contribution in [2.45, 2.75) is 156 Å². The van der Waals surface area contributed by atoms with Gasteiger partial charge in [-0.1, -0.05) is 6.92 Å². The zero-order valence-electron chi connectivity index (χ0n) is 28.9. The van der Waals surface area contributed by atoms with E-state index in [-0.39, 0.29) is 30.6 Å². The van der Waals surface area contributed by atoms with Gasteiger partial charge in [-0.3, -0.25) is 0 Å². The summed E-state index contributed by atoms with van der Waals surface area (Å²) in [5, 5.41) is 87.1. The minimum Gasteiger partial charge on any atom is -0.431 e. The third kappa shape index (κ3) is 5.70. The smallest absolute Gasteiger partial charge is 0.335 e. The number of hydrogen-bond acceptors (Lipinski definition) is 15. The predicted molar refractivity (Wildman–Crippen MR) is 173 cm³/mol. The summed E-state index contributed by atoms with van der Waals surface area (Å²) in [5.74, 6) is -0.509. The lowest BCUT2D eigenvalue weighted by molar-refractivity contribution is -0.361. The molecule has 1 aromatic heterocycles. The van der Waals surface area contributed by atoms with Gasteiger partial charge >= 0.3 is 5.63 Å². The molecule has 6 fully saturated rings. The van der Waals surface area contributed by atoms with E-state index in [2.05, 4.69) is 6.92 Å². The lowest BCUT2D eigenvalue weighted by Crippen LogP contribution is -2.69. The van der Waals surface area contributed by atoms with Gasteiger partial charge in [-0.15, -0.1) is 0 Å². The van der Waals surface area contributed by atoms with Crippen LogP contribution >= 0.6 is 0 Å². The summed E-state index contributed by atoms with van der Waals surface area (Å²) < 4.78 is 28.4. The lowest BCUT2D eigenvalue weighted by Gasteiger charge is -2.65. The number of aliphatic hydroxyl groups is 8. The summed E-state index contributed by atoms with van der Waals surface area (Å²) in [6, 6.07) is 3.17. The predicted octanol–water partition coefficient (Wildman–Crippen LogP) is -0.788. The Labute approximate surface area is 295 Å². The number of ether oxygens (including phenoxy) is 4. The molecule has 8 N–H and O–H groups in total. The molecular formula is C36H52O15. The van der Waals surface area contributed by atoms with Crippen molar-refractivity contribution in [2.75, 3.05) is 6.61 Å². The Morgan fingerprint density at radius 3 is 2.24 bits per heavy atom. The SMILES string of the molecule is C[C@@H]1O[C@@H](OC2CC[C@]3(C=O)[C@H]4CC[C@]5(C)[C@@H](c6ccc(=O)oc6)CC[C@]5(O)[C@@H]4CCC3(O)C2)[C@H](O)[C@H](O)[C@H]1O[C@@H]1O[C@H](CO)[C@@H](O)[C@H](O)[C@H]1O. The zero-order chi connectivity index (χ0) is 36.7. The van der Waals surface area contributed by atoms with E-state index < -0.39 is 102 Å². The first kappa shape index (κ1) is 37.5. The highest BCUT2D eigenvalue weighted by atomic mass is 16.7. The Bertz CT molecular complexity index is 1470. The van der Waals surface area contributed by atoms with Gasteiger partial charge in [-0.25, -0.2) is 4.79 Å². The van der Waals surface area contributed by atoms with Gasteiger partial charge in [0.05, 0.1) is 41.7 Å². The van der Waals surface area contributed by atoms with Gasteiger partial charge in [0.2, 0.25) is 0 Å². The first-order valence-corrected chi connectivity index (χ1v) is 18.3. The van der Waals surface area contributed by atoms with Crippen molar-refractivity contribution in [3.63, 3.8) is 0 Å². The van der Waals surface area contributed by atoms with Gasteiger partial charge in [-0.2, -0.15) is 0 Å². The highest BCUT2D eigenvalue weighted by molar-refractivity contribution is 5.64. The number of rotatable bonds is 7. The molecular weight excluding hydrogens is 672 g/mol. The Balaban J connectivity index is 1.03. The van der Waals surface area contributed by atoms with E-state index in [1.165, 1.54) is 12.3 Å². The molecule has 4 saturated carbocycles. The van der Waals surface area contributed by atoms with E-state index in [0.717, 1.165) is 11.8 Å². The van der Waals surface area contributed by atoms with Crippen LogP contribution in [0.15, 0.2) is 27.6 Å². The molecule has 4 aliphatic carbocycles. The van der Waals surface area contributed by atoms with Crippen LogP contribution in [0.4, 0.5) is 0 Å². The molecule has 1 aromatic rings. The molecule has 15 nitrogen and oxygen atoms in total. The van der Waals surface area contributed by atoms with E-state index in [1.54, 1.807) is 13.0 Å². The van der Waals surface area contributed by atoms with Crippen LogP contribution in [-0.4, -0.2) is 132 Å². The van der Waals surface area contributed by atoms with Gasteiger partial charge in [-0.05, 0) is 87.7 Å². The van der Waals surface area contributed by atoms with Crippen molar-refractivity contribution in [1.29, 1.82) is 0 Å². The topological polar surface area (TPSA) is 246 Å². The van der Waals surface area contributed by atoms with E-state index in [0.29, 0.717) is 44.9 Å². The summed E-state index contributed by atoms with van der Waals surface area (Å²) >= 11 is 0. The van der Waals surface area contributed by atoms with Crippen LogP contribution in [0.25, 0.3) is 0 Å². The lowest BCUT2D eigenvalue weighted by atomic mass is 9.41. The van der Waals surface area contributed by atoms with E-state index in [1.807, 2.05) is 0 Å². The van der Waals surface area contributed by atoms with E-state index in [9.17, 15) is 50.4 Å². The van der Waals surface area contributed by atoms with Crippen molar-refractivity contribution >= 4 is 6.29 Å². The maximum atomic E-state index is 13.2. The standard InChI is InChI=1S/C36H52O15/c1-17-30(51-32-28(43)26(41)25(40)23(14-37)50-32)27(42)29(44)31(48-17)49-19-5-10-34(16-38)21-6-9-33(2)20(18-3-4-24(39)47-15-18)8-12-36(33,46)22(21)7-11-35(34,45)13-19/h3-4,15-17,19-23,25-32,37,40-46H,5-14H2,1-2H3/t17-,19?,20+,21-,22+,23+,25+,26-,27-,28+,29+,30-,31-,32-,33+,34-,35?,36-/m0/s1. The molecule has 0 radical (unpaired) electrons. The molecule has 0 aromatic carbocycles. The average molecular weight is 725 g/mol. The first-order chi connectivity index (χ1) is 24.1. The average Bonchev–Trinajstić information content (AvgIpc) is 3.39. The number of carbonyl (C=O) groups is 1. The monoisotopic (exact) mass is 724 g/mol. The molecule has 2 aliphatic heterocycles. The van der Waals surface area contributed by atoms with Crippen LogP contribution in [0.5, 0.6) is 0 Å². The van der Waals surface area contributed by atoms with Crippen LogP contribution in [0.1, 0.15) is 83.1 Å². The molecule has 7 rings (SSSR count). The van der Waals surface area contributed by atoms with Gasteiger partial charge in [0.1, 0.15) is 49.0 Å². The quantitative estimate of drug-likeness (QED) is 0.127. The number of fused-ring (bicyclic) bond motifs is 5. The summed E-state index contributed by atoms with van der Waals surface area (Å²) in [5.41, 5.74) is -3.71. The fourth-order valence-electron chi connectivity index (χ4n) is 11.2. The second-order valence-corrected chi connectivity index (χ2v) is 16.3. The van der Waals surface area contributed by atoms with Crippen molar-refractivity contribution in [1.82, 2.24) is 0 Å². The molecule has 2 saturated heterocycles. The molecule has 0 bridgehead atoms. The van der Waals surface area contributed by atoms with Crippen LogP contribution in [-0.2, 0) is 23.7 Å². The molecule has 0 spiro atoms. The Hall–Kier alpha value is -1.86. The molecule has 0 amide bonds. The second-order valence-electron chi connectivity index (χ2n) is 16.3. The minimum atomic E-state index is -1.72. The Morgan fingerprint density at radius 2 is 1.55 bits per heavy atom. The van der Waals surface area contributed by atoms with Gasteiger partial charge < -0.3 is 69.0 Å². The Morgan fingerprint density at radius 1 is 0.843 bits per heavy atom.